The molecule has 3 heteroatoms. The molecule has 0 saturated carbocycles. The molecule has 0 aromatic heterocycles. The zero-order valence-corrected chi connectivity index (χ0v) is 8.37. The summed E-state index contributed by atoms with van der Waals surface area (Å²) in [7, 11) is 0. The zero-order valence-electron chi connectivity index (χ0n) is 8.37. The van der Waals surface area contributed by atoms with Crippen LogP contribution in [0, 0.1) is 13.8 Å². The van der Waals surface area contributed by atoms with Gasteiger partial charge in [-0.05, 0) is 49.1 Å². The van der Waals surface area contributed by atoms with E-state index in [9.17, 15) is 4.79 Å². The summed E-state index contributed by atoms with van der Waals surface area (Å²) in [6.07, 6.45) is 0.581. The highest BCUT2D eigenvalue weighted by Crippen LogP contribution is 2.17. The summed E-state index contributed by atoms with van der Waals surface area (Å²) in [4.78, 5) is 10.7. The molecule has 0 spiro atoms. The minimum Gasteiger partial charge on any atom is -0.478 e. The van der Waals surface area contributed by atoms with Gasteiger partial charge in [-0.15, -0.1) is 0 Å². The number of carboxylic acids is 1. The summed E-state index contributed by atoms with van der Waals surface area (Å²) in [6, 6.07) is 3.28. The molecule has 0 aliphatic carbocycles. The van der Waals surface area contributed by atoms with Crippen LogP contribution in [0.4, 0.5) is 0 Å². The van der Waals surface area contributed by atoms with Gasteiger partial charge in [0, 0.05) is 6.61 Å². The van der Waals surface area contributed by atoms with E-state index in [2.05, 4.69) is 0 Å². The summed E-state index contributed by atoms with van der Waals surface area (Å²) < 4.78 is 0. The Bertz CT molecular complexity index is 333. The van der Waals surface area contributed by atoms with Crippen LogP contribution in [-0.4, -0.2) is 22.8 Å². The smallest absolute Gasteiger partial charge is 0.335 e. The van der Waals surface area contributed by atoms with Crippen molar-refractivity contribution in [2.45, 2.75) is 20.3 Å². The number of carbonyl (C=O) groups is 1. The molecule has 0 atom stereocenters. The number of aliphatic hydroxyl groups is 1. The van der Waals surface area contributed by atoms with Crippen LogP contribution in [0.15, 0.2) is 12.1 Å². The Balaban J connectivity index is 3.18. The zero-order chi connectivity index (χ0) is 10.7. The van der Waals surface area contributed by atoms with Gasteiger partial charge in [0.25, 0.3) is 0 Å². The van der Waals surface area contributed by atoms with Crippen LogP contribution in [0.1, 0.15) is 27.0 Å². The lowest BCUT2D eigenvalue weighted by molar-refractivity contribution is 0.0696. The number of benzene rings is 1. The largest absolute Gasteiger partial charge is 0.478 e. The Morgan fingerprint density at radius 2 is 1.79 bits per heavy atom. The first-order chi connectivity index (χ1) is 6.56. The van der Waals surface area contributed by atoms with Gasteiger partial charge in [-0.1, -0.05) is 0 Å². The van der Waals surface area contributed by atoms with Crippen LogP contribution >= 0.6 is 0 Å². The van der Waals surface area contributed by atoms with Crippen molar-refractivity contribution in [2.24, 2.45) is 0 Å². The van der Waals surface area contributed by atoms with E-state index in [1.807, 2.05) is 13.8 Å². The third-order valence-corrected chi connectivity index (χ3v) is 2.30. The minimum absolute atomic E-state index is 0.0914. The first-order valence-corrected chi connectivity index (χ1v) is 4.50. The lowest BCUT2D eigenvalue weighted by Gasteiger charge is -2.09. The summed E-state index contributed by atoms with van der Waals surface area (Å²) >= 11 is 0. The molecule has 1 aromatic rings. The van der Waals surface area contributed by atoms with E-state index in [0.29, 0.717) is 12.0 Å². The van der Waals surface area contributed by atoms with Crippen molar-refractivity contribution in [2.75, 3.05) is 6.61 Å². The quantitative estimate of drug-likeness (QED) is 0.767. The van der Waals surface area contributed by atoms with Crippen molar-refractivity contribution in [3.8, 4) is 0 Å². The maximum Gasteiger partial charge on any atom is 0.335 e. The highest BCUT2D eigenvalue weighted by atomic mass is 16.4. The SMILES string of the molecule is Cc1cc(C(=O)O)cc(C)c1CCO. The maximum absolute atomic E-state index is 10.7. The monoisotopic (exact) mass is 194 g/mol. The molecule has 0 unspecified atom stereocenters. The molecule has 0 radical (unpaired) electrons. The van der Waals surface area contributed by atoms with Crippen LogP contribution in [0.2, 0.25) is 0 Å². The molecule has 0 bridgehead atoms. The lowest BCUT2D eigenvalue weighted by atomic mass is 9.97. The highest BCUT2D eigenvalue weighted by molar-refractivity contribution is 5.88. The number of rotatable bonds is 3. The second kappa shape index (κ2) is 4.24. The molecule has 0 aliphatic rings. The Kier molecular flexibility index (Phi) is 3.25. The van der Waals surface area contributed by atoms with Crippen LogP contribution in [0.5, 0.6) is 0 Å². The Morgan fingerprint density at radius 1 is 1.29 bits per heavy atom. The van der Waals surface area contributed by atoms with Gasteiger partial charge < -0.3 is 10.2 Å². The molecule has 76 valence electrons. The van der Waals surface area contributed by atoms with Gasteiger partial charge in [-0.3, -0.25) is 0 Å². The van der Waals surface area contributed by atoms with E-state index in [-0.39, 0.29) is 6.61 Å². The van der Waals surface area contributed by atoms with Gasteiger partial charge in [0.05, 0.1) is 5.56 Å². The van der Waals surface area contributed by atoms with Gasteiger partial charge in [-0.2, -0.15) is 0 Å². The molecule has 14 heavy (non-hydrogen) atoms. The molecule has 2 N–H and O–H groups in total. The van der Waals surface area contributed by atoms with Gasteiger partial charge in [0.2, 0.25) is 0 Å². The number of aromatic carboxylic acids is 1. The van der Waals surface area contributed by atoms with Crippen molar-refractivity contribution in [3.63, 3.8) is 0 Å². The van der Waals surface area contributed by atoms with Crippen LogP contribution in [0.25, 0.3) is 0 Å². The molecule has 0 saturated heterocycles. The second-order valence-corrected chi connectivity index (χ2v) is 3.37. The molecule has 3 nitrogen and oxygen atoms in total. The molecular formula is C11H14O3. The van der Waals surface area contributed by atoms with Crippen molar-refractivity contribution in [1.82, 2.24) is 0 Å². The molecule has 0 heterocycles. The summed E-state index contributed by atoms with van der Waals surface area (Å²) in [6.45, 7) is 3.82. The molecule has 0 aliphatic heterocycles. The van der Waals surface area contributed by atoms with Crippen molar-refractivity contribution < 1.29 is 15.0 Å². The van der Waals surface area contributed by atoms with Crippen molar-refractivity contribution >= 4 is 5.97 Å². The summed E-state index contributed by atoms with van der Waals surface area (Å²) in [5.41, 5.74) is 3.20. The highest BCUT2D eigenvalue weighted by Gasteiger charge is 2.08. The lowest BCUT2D eigenvalue weighted by Crippen LogP contribution is -2.03. The van der Waals surface area contributed by atoms with Crippen LogP contribution in [0.3, 0.4) is 0 Å². The number of hydrogen-bond donors (Lipinski definition) is 2. The standard InChI is InChI=1S/C11H14O3/c1-7-5-9(11(13)14)6-8(2)10(7)3-4-12/h5-6,12H,3-4H2,1-2H3,(H,13,14). The average molecular weight is 194 g/mol. The molecule has 0 fully saturated rings. The Morgan fingerprint density at radius 3 is 2.14 bits per heavy atom. The topological polar surface area (TPSA) is 57.5 Å². The van der Waals surface area contributed by atoms with Crippen LogP contribution in [-0.2, 0) is 6.42 Å². The fourth-order valence-electron chi connectivity index (χ4n) is 1.62. The maximum atomic E-state index is 10.7. The van der Waals surface area contributed by atoms with Gasteiger partial charge in [0.1, 0.15) is 0 Å². The first-order valence-electron chi connectivity index (χ1n) is 4.50. The Labute approximate surface area is 83.0 Å². The average Bonchev–Trinajstić information content (AvgIpc) is 2.10. The first kappa shape index (κ1) is 10.7. The van der Waals surface area contributed by atoms with E-state index in [0.717, 1.165) is 16.7 Å². The Hall–Kier alpha value is -1.35. The van der Waals surface area contributed by atoms with Gasteiger partial charge >= 0.3 is 5.97 Å². The minimum atomic E-state index is -0.910. The molecule has 1 aromatic carbocycles. The third kappa shape index (κ3) is 2.12. The normalized spacial score (nSPS) is 10.2. The van der Waals surface area contributed by atoms with E-state index >= 15 is 0 Å². The molecular weight excluding hydrogens is 180 g/mol. The van der Waals surface area contributed by atoms with E-state index in [1.54, 1.807) is 12.1 Å². The van der Waals surface area contributed by atoms with Gasteiger partial charge in [-0.25, -0.2) is 4.79 Å². The van der Waals surface area contributed by atoms with Gasteiger partial charge in [0.15, 0.2) is 0 Å². The number of aliphatic hydroxyl groups excluding tert-OH is 1. The number of aryl methyl sites for hydroxylation is 2. The second-order valence-electron chi connectivity index (χ2n) is 3.37. The van der Waals surface area contributed by atoms with Crippen molar-refractivity contribution in [3.05, 3.63) is 34.4 Å². The summed E-state index contributed by atoms with van der Waals surface area (Å²) in [5, 5.41) is 17.6. The summed E-state index contributed by atoms with van der Waals surface area (Å²) in [5.74, 6) is -0.910. The number of carboxylic acid groups (broad SMARTS) is 1. The van der Waals surface area contributed by atoms with Crippen molar-refractivity contribution in [1.29, 1.82) is 0 Å². The fraction of sp³-hybridized carbons (Fsp3) is 0.364. The third-order valence-electron chi connectivity index (χ3n) is 2.30. The fourth-order valence-corrected chi connectivity index (χ4v) is 1.62. The van der Waals surface area contributed by atoms with Crippen LogP contribution < -0.4 is 0 Å². The van der Waals surface area contributed by atoms with E-state index in [1.165, 1.54) is 0 Å². The number of hydrogen-bond acceptors (Lipinski definition) is 2. The predicted molar refractivity (Wildman–Crippen MR) is 53.7 cm³/mol. The predicted octanol–water partition coefficient (Wildman–Crippen LogP) is 1.54. The molecule has 1 rings (SSSR count). The van der Waals surface area contributed by atoms with E-state index in [4.69, 9.17) is 10.2 Å². The van der Waals surface area contributed by atoms with E-state index < -0.39 is 5.97 Å². The molecule has 0 amide bonds.